The molecule has 0 saturated heterocycles. The van der Waals surface area contributed by atoms with E-state index in [1.807, 2.05) is 30.3 Å². The van der Waals surface area contributed by atoms with E-state index in [9.17, 15) is 0 Å². The van der Waals surface area contributed by atoms with E-state index in [-0.39, 0.29) is 47.8 Å². The predicted octanol–water partition coefficient (Wildman–Crippen LogP) is 1.86. The molecule has 1 aromatic carbocycles. The van der Waals surface area contributed by atoms with Gasteiger partial charge in [-0.3, -0.25) is 0 Å². The average molecular weight is 230 g/mol. The van der Waals surface area contributed by atoms with Crippen molar-refractivity contribution in [1.29, 1.82) is 0 Å². The van der Waals surface area contributed by atoms with Gasteiger partial charge in [0, 0.05) is 40.4 Å². The van der Waals surface area contributed by atoms with Crippen LogP contribution in [0.25, 0.3) is 0 Å². The minimum Gasteiger partial charge on any atom is -0.358 e. The van der Waals surface area contributed by atoms with Crippen molar-refractivity contribution in [3.8, 4) is 0 Å². The first-order chi connectivity index (χ1) is 2.50. The molecule has 40 valence electrons. The Morgan fingerprint density at radius 3 is 1.57 bits per heavy atom. The van der Waals surface area contributed by atoms with E-state index in [1.54, 1.807) is 0 Å². The molecule has 0 aliphatic rings. The summed E-state index contributed by atoms with van der Waals surface area (Å²) in [7, 11) is 0. The molecule has 0 aliphatic heterocycles. The Labute approximate surface area is 77.4 Å². The molecule has 1 rings (SSSR count). The molecule has 0 aliphatic carbocycles. The van der Waals surface area contributed by atoms with Crippen LogP contribution in [0.2, 0.25) is 0 Å². The second-order valence-corrected chi connectivity index (χ2v) is 0.962. The molecule has 0 amide bonds. The van der Waals surface area contributed by atoms with Crippen LogP contribution in [0.5, 0.6) is 0 Å². The monoisotopic (exact) mass is 232 g/mol. The molecular formula is C6H8Sm-2. The maximum absolute atomic E-state index is 2.00. The van der Waals surface area contributed by atoms with Crippen LogP contribution in [0.4, 0.5) is 0 Å². The second-order valence-electron chi connectivity index (χ2n) is 0.962. The van der Waals surface area contributed by atoms with E-state index in [4.69, 9.17) is 0 Å². The zero-order valence-corrected chi connectivity index (χ0v) is 6.91. The Morgan fingerprint density at radius 2 is 1.43 bits per heavy atom. The summed E-state index contributed by atoms with van der Waals surface area (Å²) in [5, 5.41) is 0. The SMILES string of the molecule is [CH3-].[Sm].c1cc[cH-]c1. The van der Waals surface area contributed by atoms with E-state index < -0.39 is 0 Å². The maximum Gasteiger partial charge on any atom is 0 e. The van der Waals surface area contributed by atoms with Gasteiger partial charge in [0.25, 0.3) is 0 Å². The topological polar surface area (TPSA) is 0 Å². The molecule has 0 N–H and O–H groups in total. The molecule has 0 atom stereocenters. The Bertz CT molecular complexity index is 60.7. The summed E-state index contributed by atoms with van der Waals surface area (Å²) in [5.74, 6) is 0. The smallest absolute Gasteiger partial charge is 0 e. The summed E-state index contributed by atoms with van der Waals surface area (Å²) in [4.78, 5) is 0. The first-order valence-corrected chi connectivity index (χ1v) is 1.67. The van der Waals surface area contributed by atoms with Gasteiger partial charge in [-0.25, -0.2) is 12.1 Å². The van der Waals surface area contributed by atoms with Crippen LogP contribution >= 0.6 is 0 Å². The van der Waals surface area contributed by atoms with Gasteiger partial charge in [-0.15, -0.1) is 0 Å². The van der Waals surface area contributed by atoms with Crippen LogP contribution in [-0.4, -0.2) is 0 Å². The van der Waals surface area contributed by atoms with Crippen LogP contribution in [-0.2, 0) is 0 Å². The zero-order chi connectivity index (χ0) is 3.54. The van der Waals surface area contributed by atoms with Crippen LogP contribution in [0, 0.1) is 47.8 Å². The molecule has 0 aromatic heterocycles. The molecule has 0 saturated carbocycles. The van der Waals surface area contributed by atoms with E-state index in [0.717, 1.165) is 0 Å². The van der Waals surface area contributed by atoms with Crippen molar-refractivity contribution in [3.63, 3.8) is 0 Å². The van der Waals surface area contributed by atoms with Crippen molar-refractivity contribution in [2.24, 2.45) is 0 Å². The van der Waals surface area contributed by atoms with Crippen molar-refractivity contribution >= 4 is 0 Å². The molecule has 0 radical (unpaired) electrons. The largest absolute Gasteiger partial charge is 0.358 e. The fourth-order valence-corrected chi connectivity index (χ4v) is 0.321. The summed E-state index contributed by atoms with van der Waals surface area (Å²) in [6.45, 7) is 0. The summed E-state index contributed by atoms with van der Waals surface area (Å²) in [5.41, 5.74) is 0. The van der Waals surface area contributed by atoms with Crippen molar-refractivity contribution in [2.45, 2.75) is 0 Å². The fourth-order valence-electron chi connectivity index (χ4n) is 0.321. The van der Waals surface area contributed by atoms with Crippen LogP contribution in [0.15, 0.2) is 30.3 Å². The molecule has 0 unspecified atom stereocenters. The van der Waals surface area contributed by atoms with Gasteiger partial charge in [-0.2, -0.15) is 18.2 Å². The number of hydrogen-bond donors (Lipinski definition) is 0. The van der Waals surface area contributed by atoms with Crippen molar-refractivity contribution in [1.82, 2.24) is 0 Å². The van der Waals surface area contributed by atoms with E-state index in [2.05, 4.69) is 0 Å². The Hall–Kier alpha value is 0.688. The van der Waals surface area contributed by atoms with Gasteiger partial charge in [0.15, 0.2) is 0 Å². The van der Waals surface area contributed by atoms with Crippen molar-refractivity contribution in [3.05, 3.63) is 37.8 Å². The molecule has 7 heavy (non-hydrogen) atoms. The van der Waals surface area contributed by atoms with Gasteiger partial charge in [-0.05, 0) is 0 Å². The number of hydrogen-bond acceptors (Lipinski definition) is 0. The van der Waals surface area contributed by atoms with Gasteiger partial charge in [0.2, 0.25) is 0 Å². The van der Waals surface area contributed by atoms with Gasteiger partial charge >= 0.3 is 0 Å². The first kappa shape index (κ1) is 10.6. The molecule has 1 heteroatoms. The summed E-state index contributed by atoms with van der Waals surface area (Å²) >= 11 is 0. The minimum absolute atomic E-state index is 0. The predicted molar refractivity (Wildman–Crippen MR) is 28.4 cm³/mol. The van der Waals surface area contributed by atoms with Crippen molar-refractivity contribution < 1.29 is 40.4 Å². The van der Waals surface area contributed by atoms with Crippen LogP contribution < -0.4 is 0 Å². The molecule has 0 heterocycles. The van der Waals surface area contributed by atoms with Gasteiger partial charge in [0.1, 0.15) is 0 Å². The quantitative estimate of drug-likeness (QED) is 0.597. The molecule has 0 spiro atoms. The fraction of sp³-hybridized carbons (Fsp3) is 0. The van der Waals surface area contributed by atoms with Gasteiger partial charge in [0.05, 0.1) is 0 Å². The molecule has 0 bridgehead atoms. The Balaban J connectivity index is 0. The van der Waals surface area contributed by atoms with E-state index >= 15 is 0 Å². The number of rotatable bonds is 0. The van der Waals surface area contributed by atoms with Gasteiger partial charge < -0.3 is 7.43 Å². The second kappa shape index (κ2) is 6.69. The third-order valence-corrected chi connectivity index (χ3v) is 0.556. The Kier molecular flexibility index (Phi) is 10.2. The third-order valence-electron chi connectivity index (χ3n) is 0.556. The average Bonchev–Trinajstić information content (AvgIpc) is 1.76. The van der Waals surface area contributed by atoms with Crippen molar-refractivity contribution in [2.75, 3.05) is 0 Å². The third kappa shape index (κ3) is 4.54. The van der Waals surface area contributed by atoms with Gasteiger partial charge in [-0.1, -0.05) is 0 Å². The summed E-state index contributed by atoms with van der Waals surface area (Å²) < 4.78 is 0. The molecule has 0 nitrogen and oxygen atoms in total. The molecule has 1 aromatic rings. The normalized spacial score (nSPS) is 5.71. The molecule has 0 fully saturated rings. The zero-order valence-electron chi connectivity index (χ0n) is 4.29. The summed E-state index contributed by atoms with van der Waals surface area (Å²) in [6.07, 6.45) is 0. The first-order valence-electron chi connectivity index (χ1n) is 1.67. The Morgan fingerprint density at radius 1 is 1.00 bits per heavy atom. The standard InChI is InChI=1S/C5H5.CH3.Sm/c1-2-4-5-3-1;;/h1-5H;1H3;/q2*-1;. The van der Waals surface area contributed by atoms with E-state index in [0.29, 0.717) is 0 Å². The maximum atomic E-state index is 2.00. The van der Waals surface area contributed by atoms with Crippen LogP contribution in [0.1, 0.15) is 0 Å². The summed E-state index contributed by atoms with van der Waals surface area (Å²) in [6, 6.07) is 10.0. The van der Waals surface area contributed by atoms with Crippen LogP contribution in [0.3, 0.4) is 0 Å². The van der Waals surface area contributed by atoms with E-state index in [1.165, 1.54) is 0 Å². The molecular weight excluding hydrogens is 222 g/mol. The minimum atomic E-state index is 0.